The number of benzene rings is 2. The highest BCUT2D eigenvalue weighted by atomic mass is 16.5. The lowest BCUT2D eigenvalue weighted by molar-refractivity contribution is 0.340. The summed E-state index contributed by atoms with van der Waals surface area (Å²) in [4.78, 5) is 0. The maximum absolute atomic E-state index is 5.59. The molecule has 0 radical (unpaired) electrons. The van der Waals surface area contributed by atoms with Gasteiger partial charge in [-0.25, -0.2) is 0 Å². The van der Waals surface area contributed by atoms with Crippen LogP contribution >= 0.6 is 0 Å². The fourth-order valence-electron chi connectivity index (χ4n) is 3.03. The molecular formula is C18H21NO. The molecule has 2 heteroatoms. The van der Waals surface area contributed by atoms with Crippen LogP contribution in [0.1, 0.15) is 30.5 Å². The minimum absolute atomic E-state index is 0.522. The van der Waals surface area contributed by atoms with E-state index in [1.165, 1.54) is 35.1 Å². The summed E-state index contributed by atoms with van der Waals surface area (Å²) in [5.41, 5.74) is 5.44. The van der Waals surface area contributed by atoms with Gasteiger partial charge >= 0.3 is 0 Å². The summed E-state index contributed by atoms with van der Waals surface area (Å²) in [6, 6.07) is 15.7. The monoisotopic (exact) mass is 267 g/mol. The normalized spacial score (nSPS) is 17.0. The molecule has 0 saturated carbocycles. The first kappa shape index (κ1) is 13.2. The van der Waals surface area contributed by atoms with E-state index in [2.05, 4.69) is 41.7 Å². The van der Waals surface area contributed by atoms with Crippen molar-refractivity contribution in [3.05, 3.63) is 53.6 Å². The van der Waals surface area contributed by atoms with E-state index < -0.39 is 0 Å². The number of hydrogen-bond acceptors (Lipinski definition) is 2. The van der Waals surface area contributed by atoms with Gasteiger partial charge in [0, 0.05) is 6.04 Å². The Labute approximate surface area is 120 Å². The van der Waals surface area contributed by atoms with Gasteiger partial charge in [-0.3, -0.25) is 0 Å². The van der Waals surface area contributed by atoms with E-state index in [1.807, 2.05) is 20.0 Å². The molecule has 0 aromatic heterocycles. The molecule has 2 aromatic carbocycles. The van der Waals surface area contributed by atoms with Gasteiger partial charge in [-0.15, -0.1) is 0 Å². The van der Waals surface area contributed by atoms with E-state index >= 15 is 0 Å². The average Bonchev–Trinajstić information content (AvgIpc) is 2.90. The maximum atomic E-state index is 5.59. The standard InChI is InChI=1S/C18H21NO/c1-3-20-16-6-4-5-13(12-16)14-7-9-17-15(11-14)8-10-18(17)19-2/h4-7,9,11-12,18-19H,3,8,10H2,1-2H3. The highest BCUT2D eigenvalue weighted by Gasteiger charge is 2.20. The molecule has 0 spiro atoms. The lowest BCUT2D eigenvalue weighted by Crippen LogP contribution is -2.12. The van der Waals surface area contributed by atoms with Gasteiger partial charge in [0.25, 0.3) is 0 Å². The molecule has 3 rings (SSSR count). The van der Waals surface area contributed by atoms with Crippen molar-refractivity contribution in [1.29, 1.82) is 0 Å². The zero-order chi connectivity index (χ0) is 13.9. The zero-order valence-electron chi connectivity index (χ0n) is 12.1. The summed E-state index contributed by atoms with van der Waals surface area (Å²) < 4.78 is 5.59. The lowest BCUT2D eigenvalue weighted by atomic mass is 9.99. The molecule has 0 saturated heterocycles. The van der Waals surface area contributed by atoms with Crippen molar-refractivity contribution in [2.24, 2.45) is 0 Å². The second-order valence-corrected chi connectivity index (χ2v) is 5.25. The van der Waals surface area contributed by atoms with Crippen molar-refractivity contribution in [3.8, 4) is 16.9 Å². The van der Waals surface area contributed by atoms with Crippen LogP contribution in [0.2, 0.25) is 0 Å². The number of hydrogen-bond donors (Lipinski definition) is 1. The van der Waals surface area contributed by atoms with E-state index in [4.69, 9.17) is 4.74 Å². The van der Waals surface area contributed by atoms with Gasteiger partial charge in [0.15, 0.2) is 0 Å². The number of nitrogens with one attached hydrogen (secondary N) is 1. The molecule has 0 fully saturated rings. The third kappa shape index (κ3) is 2.44. The highest BCUT2D eigenvalue weighted by Crippen LogP contribution is 2.34. The van der Waals surface area contributed by atoms with Gasteiger partial charge in [-0.05, 0) is 61.2 Å². The summed E-state index contributed by atoms with van der Waals surface area (Å²) in [5.74, 6) is 0.943. The minimum Gasteiger partial charge on any atom is -0.494 e. The van der Waals surface area contributed by atoms with Crippen molar-refractivity contribution in [1.82, 2.24) is 5.32 Å². The Bertz CT molecular complexity index is 606. The molecule has 0 amide bonds. The highest BCUT2D eigenvalue weighted by molar-refractivity contribution is 5.67. The summed E-state index contributed by atoms with van der Waals surface area (Å²) >= 11 is 0. The van der Waals surface area contributed by atoms with Crippen LogP contribution < -0.4 is 10.1 Å². The third-order valence-corrected chi connectivity index (χ3v) is 4.05. The largest absolute Gasteiger partial charge is 0.494 e. The molecule has 1 aliphatic carbocycles. The molecule has 0 bridgehead atoms. The topological polar surface area (TPSA) is 21.3 Å². The van der Waals surface area contributed by atoms with E-state index in [-0.39, 0.29) is 0 Å². The van der Waals surface area contributed by atoms with Crippen molar-refractivity contribution in [2.45, 2.75) is 25.8 Å². The van der Waals surface area contributed by atoms with Gasteiger partial charge in [0.05, 0.1) is 6.61 Å². The number of aryl methyl sites for hydroxylation is 1. The van der Waals surface area contributed by atoms with Crippen molar-refractivity contribution >= 4 is 0 Å². The maximum Gasteiger partial charge on any atom is 0.119 e. The summed E-state index contributed by atoms with van der Waals surface area (Å²) in [6.07, 6.45) is 2.37. The van der Waals surface area contributed by atoms with Crippen molar-refractivity contribution in [3.63, 3.8) is 0 Å². The molecular weight excluding hydrogens is 246 g/mol. The fraction of sp³-hybridized carbons (Fsp3) is 0.333. The summed E-state index contributed by atoms with van der Waals surface area (Å²) in [6.45, 7) is 2.72. The van der Waals surface area contributed by atoms with Crippen LogP contribution in [0, 0.1) is 0 Å². The quantitative estimate of drug-likeness (QED) is 0.905. The van der Waals surface area contributed by atoms with Crippen LogP contribution in [0.25, 0.3) is 11.1 Å². The Balaban J connectivity index is 1.93. The predicted octanol–water partition coefficient (Wildman–Crippen LogP) is 3.96. The lowest BCUT2D eigenvalue weighted by Gasteiger charge is -2.11. The van der Waals surface area contributed by atoms with Crippen LogP contribution in [0.4, 0.5) is 0 Å². The van der Waals surface area contributed by atoms with Gasteiger partial charge in [0.2, 0.25) is 0 Å². The van der Waals surface area contributed by atoms with Gasteiger partial charge in [0.1, 0.15) is 5.75 Å². The molecule has 104 valence electrons. The number of rotatable bonds is 4. The Morgan fingerprint density at radius 3 is 2.80 bits per heavy atom. The Morgan fingerprint density at radius 1 is 1.15 bits per heavy atom. The van der Waals surface area contributed by atoms with Crippen LogP contribution in [-0.2, 0) is 6.42 Å². The number of fused-ring (bicyclic) bond motifs is 1. The van der Waals surface area contributed by atoms with E-state index in [0.717, 1.165) is 5.75 Å². The van der Waals surface area contributed by atoms with Crippen molar-refractivity contribution in [2.75, 3.05) is 13.7 Å². The molecule has 1 atom stereocenters. The zero-order valence-corrected chi connectivity index (χ0v) is 12.1. The Hall–Kier alpha value is -1.80. The second kappa shape index (κ2) is 5.68. The van der Waals surface area contributed by atoms with Crippen LogP contribution in [0.15, 0.2) is 42.5 Å². The predicted molar refractivity (Wildman–Crippen MR) is 83.2 cm³/mol. The smallest absolute Gasteiger partial charge is 0.119 e. The molecule has 1 N–H and O–H groups in total. The molecule has 2 nitrogen and oxygen atoms in total. The minimum atomic E-state index is 0.522. The fourth-order valence-corrected chi connectivity index (χ4v) is 3.03. The van der Waals surface area contributed by atoms with E-state index in [1.54, 1.807) is 0 Å². The van der Waals surface area contributed by atoms with E-state index in [9.17, 15) is 0 Å². The van der Waals surface area contributed by atoms with Gasteiger partial charge in [-0.2, -0.15) is 0 Å². The molecule has 0 heterocycles. The first-order chi connectivity index (χ1) is 9.81. The SMILES string of the molecule is CCOc1cccc(-c2ccc3c(c2)CCC3NC)c1. The molecule has 1 aliphatic rings. The average molecular weight is 267 g/mol. The van der Waals surface area contributed by atoms with Gasteiger partial charge in [-0.1, -0.05) is 30.3 Å². The van der Waals surface area contributed by atoms with Crippen LogP contribution in [-0.4, -0.2) is 13.7 Å². The summed E-state index contributed by atoms with van der Waals surface area (Å²) in [5, 5.41) is 3.39. The second-order valence-electron chi connectivity index (χ2n) is 5.25. The summed E-state index contributed by atoms with van der Waals surface area (Å²) in [7, 11) is 2.04. The molecule has 0 aliphatic heterocycles. The Kier molecular flexibility index (Phi) is 3.75. The Morgan fingerprint density at radius 2 is 2.00 bits per heavy atom. The van der Waals surface area contributed by atoms with Crippen LogP contribution in [0.3, 0.4) is 0 Å². The molecule has 2 aromatic rings. The first-order valence-electron chi connectivity index (χ1n) is 7.35. The molecule has 1 unspecified atom stereocenters. The van der Waals surface area contributed by atoms with E-state index in [0.29, 0.717) is 12.6 Å². The third-order valence-electron chi connectivity index (χ3n) is 4.05. The van der Waals surface area contributed by atoms with Gasteiger partial charge < -0.3 is 10.1 Å². The molecule has 20 heavy (non-hydrogen) atoms. The number of ether oxygens (including phenoxy) is 1. The first-order valence-corrected chi connectivity index (χ1v) is 7.35. The van der Waals surface area contributed by atoms with Crippen LogP contribution in [0.5, 0.6) is 5.75 Å². The van der Waals surface area contributed by atoms with Crippen molar-refractivity contribution < 1.29 is 4.74 Å².